The van der Waals surface area contributed by atoms with Crippen molar-refractivity contribution in [2.75, 3.05) is 6.61 Å². The van der Waals surface area contributed by atoms with Gasteiger partial charge < -0.3 is 14.2 Å². The first-order valence-electron chi connectivity index (χ1n) is 7.31. The summed E-state index contributed by atoms with van der Waals surface area (Å²) in [6.45, 7) is 3.90. The van der Waals surface area contributed by atoms with E-state index in [2.05, 4.69) is 12.1 Å². The summed E-state index contributed by atoms with van der Waals surface area (Å²) < 4.78 is 16.5. The van der Waals surface area contributed by atoms with E-state index in [0.29, 0.717) is 6.61 Å². The lowest BCUT2D eigenvalue weighted by molar-refractivity contribution is -0.181. The second kappa shape index (κ2) is 7.96. The van der Waals surface area contributed by atoms with E-state index in [4.69, 9.17) is 14.2 Å². The summed E-state index contributed by atoms with van der Waals surface area (Å²) in [6.07, 6.45) is 4.68. The largest absolute Gasteiger partial charge is 0.456 e. The number of hydrogen-bond acceptors (Lipinski definition) is 4. The summed E-state index contributed by atoms with van der Waals surface area (Å²) in [5, 5.41) is 0. The molecule has 0 spiro atoms. The van der Waals surface area contributed by atoms with Crippen LogP contribution in [0.5, 0.6) is 0 Å². The Balaban J connectivity index is 1.69. The van der Waals surface area contributed by atoms with Gasteiger partial charge in [-0.25, -0.2) is 0 Å². The molecule has 0 saturated heterocycles. The lowest BCUT2D eigenvalue weighted by Gasteiger charge is -2.29. The van der Waals surface area contributed by atoms with Gasteiger partial charge in [-0.15, -0.1) is 0 Å². The number of esters is 1. The number of ether oxygens (including phenoxy) is 3. The molecule has 1 aliphatic rings. The minimum Gasteiger partial charge on any atom is -0.456 e. The molecule has 0 radical (unpaired) electrons. The van der Waals surface area contributed by atoms with Gasteiger partial charge in [0, 0.05) is 6.92 Å². The molecule has 21 heavy (non-hydrogen) atoms. The van der Waals surface area contributed by atoms with E-state index in [-0.39, 0.29) is 24.5 Å². The van der Waals surface area contributed by atoms with Gasteiger partial charge in [-0.2, -0.15) is 0 Å². The van der Waals surface area contributed by atoms with Gasteiger partial charge in [0.05, 0.1) is 12.7 Å². The van der Waals surface area contributed by atoms with E-state index < -0.39 is 0 Å². The van der Waals surface area contributed by atoms with Gasteiger partial charge in [-0.1, -0.05) is 30.3 Å². The number of carbonyl (C=O) groups is 1. The molecule has 4 nitrogen and oxygen atoms in total. The van der Waals surface area contributed by atoms with Gasteiger partial charge in [-0.05, 0) is 37.5 Å². The zero-order valence-corrected chi connectivity index (χ0v) is 12.5. The molecule has 0 aromatic heterocycles. The van der Waals surface area contributed by atoms with Crippen molar-refractivity contribution in [2.45, 2.75) is 45.2 Å². The summed E-state index contributed by atoms with van der Waals surface area (Å²) in [5.74, 6) is -0.303. The molecule has 0 aliphatic carbocycles. The van der Waals surface area contributed by atoms with Gasteiger partial charge in [0.2, 0.25) is 0 Å². The number of hydrogen-bond donors (Lipinski definition) is 0. The molecule has 1 heterocycles. The van der Waals surface area contributed by atoms with E-state index in [1.54, 1.807) is 6.08 Å². The minimum absolute atomic E-state index is 0.196. The second-order valence-corrected chi connectivity index (χ2v) is 5.13. The molecule has 0 fully saturated rings. The molecule has 0 unspecified atom stereocenters. The molecule has 0 N–H and O–H groups in total. The summed E-state index contributed by atoms with van der Waals surface area (Å²) in [6, 6.07) is 10.3. The van der Waals surface area contributed by atoms with Crippen LogP contribution < -0.4 is 0 Å². The van der Waals surface area contributed by atoms with Crippen LogP contribution in [0.25, 0.3) is 0 Å². The van der Waals surface area contributed by atoms with E-state index in [1.807, 2.05) is 31.2 Å². The summed E-state index contributed by atoms with van der Waals surface area (Å²) in [4.78, 5) is 10.9. The highest BCUT2D eigenvalue weighted by molar-refractivity contribution is 5.66. The van der Waals surface area contributed by atoms with Crippen molar-refractivity contribution in [3.05, 3.63) is 48.0 Å². The zero-order chi connectivity index (χ0) is 15.1. The molecule has 2 rings (SSSR count). The molecule has 0 saturated carbocycles. The highest BCUT2D eigenvalue weighted by atomic mass is 16.7. The Morgan fingerprint density at radius 2 is 2.00 bits per heavy atom. The SMILES string of the molecule is CC(=O)O[C@@H]1C=C[C@@H](OCCCc2ccccc2)O[C@H]1C. The zero-order valence-electron chi connectivity index (χ0n) is 12.5. The predicted octanol–water partition coefficient (Wildman–Crippen LogP) is 2.87. The molecule has 0 bridgehead atoms. The molecule has 1 aromatic rings. The van der Waals surface area contributed by atoms with Crippen molar-refractivity contribution < 1.29 is 19.0 Å². The van der Waals surface area contributed by atoms with Gasteiger partial charge in [0.1, 0.15) is 6.10 Å². The number of rotatable bonds is 6. The number of benzene rings is 1. The van der Waals surface area contributed by atoms with Crippen LogP contribution in [0.2, 0.25) is 0 Å². The van der Waals surface area contributed by atoms with Crippen molar-refractivity contribution in [3.8, 4) is 0 Å². The highest BCUT2D eigenvalue weighted by Gasteiger charge is 2.25. The van der Waals surface area contributed by atoms with Crippen molar-refractivity contribution in [2.24, 2.45) is 0 Å². The molecule has 3 atom stereocenters. The van der Waals surface area contributed by atoms with Gasteiger partial charge in [0.15, 0.2) is 6.29 Å². The van der Waals surface area contributed by atoms with Crippen LogP contribution in [0.15, 0.2) is 42.5 Å². The molecule has 1 aromatic carbocycles. The molecule has 4 heteroatoms. The Hall–Kier alpha value is -1.65. The Kier molecular flexibility index (Phi) is 5.96. The quantitative estimate of drug-likeness (QED) is 0.459. The maximum Gasteiger partial charge on any atom is 0.303 e. The number of aryl methyl sites for hydroxylation is 1. The average molecular weight is 290 g/mol. The van der Waals surface area contributed by atoms with Crippen molar-refractivity contribution in [1.29, 1.82) is 0 Å². The van der Waals surface area contributed by atoms with E-state index in [0.717, 1.165) is 12.8 Å². The molecule has 1 aliphatic heterocycles. The molecular formula is C17H22O4. The fraction of sp³-hybridized carbons (Fsp3) is 0.471. The first-order chi connectivity index (χ1) is 10.1. The lowest BCUT2D eigenvalue weighted by Crippen LogP contribution is -2.36. The third-order valence-electron chi connectivity index (χ3n) is 3.31. The number of carbonyl (C=O) groups excluding carboxylic acids is 1. The van der Waals surface area contributed by atoms with Crippen molar-refractivity contribution >= 4 is 5.97 Å². The van der Waals surface area contributed by atoms with Crippen LogP contribution in [0, 0.1) is 0 Å². The van der Waals surface area contributed by atoms with E-state index in [9.17, 15) is 4.79 Å². The summed E-state index contributed by atoms with van der Waals surface area (Å²) >= 11 is 0. The Bertz CT molecular complexity index is 469. The smallest absolute Gasteiger partial charge is 0.303 e. The fourth-order valence-electron chi connectivity index (χ4n) is 2.23. The maximum absolute atomic E-state index is 10.9. The highest BCUT2D eigenvalue weighted by Crippen LogP contribution is 2.17. The molecule has 0 amide bonds. The Morgan fingerprint density at radius 3 is 2.67 bits per heavy atom. The first kappa shape index (κ1) is 15.7. The maximum atomic E-state index is 10.9. The van der Waals surface area contributed by atoms with Gasteiger partial charge >= 0.3 is 5.97 Å². The summed E-state index contributed by atoms with van der Waals surface area (Å²) in [5.41, 5.74) is 1.31. The Labute approximate surface area is 125 Å². The van der Waals surface area contributed by atoms with Crippen LogP contribution in [0.4, 0.5) is 0 Å². The normalized spacial score (nSPS) is 24.8. The predicted molar refractivity (Wildman–Crippen MR) is 79.7 cm³/mol. The van der Waals surface area contributed by atoms with E-state index in [1.165, 1.54) is 12.5 Å². The summed E-state index contributed by atoms with van der Waals surface area (Å²) in [7, 11) is 0. The van der Waals surface area contributed by atoms with Gasteiger partial charge in [0.25, 0.3) is 0 Å². The van der Waals surface area contributed by atoms with Crippen molar-refractivity contribution in [1.82, 2.24) is 0 Å². The topological polar surface area (TPSA) is 44.8 Å². The van der Waals surface area contributed by atoms with Crippen molar-refractivity contribution in [3.63, 3.8) is 0 Å². The monoisotopic (exact) mass is 290 g/mol. The van der Waals surface area contributed by atoms with Crippen LogP contribution in [-0.4, -0.2) is 31.1 Å². The average Bonchev–Trinajstić information content (AvgIpc) is 2.47. The standard InChI is InChI=1S/C17H22O4/c1-13-16(21-14(2)18)10-11-17(20-13)19-12-6-9-15-7-4-3-5-8-15/h3-5,7-8,10-11,13,16-17H,6,9,12H2,1-2H3/t13-,16+,17-/m0/s1. The molecule has 114 valence electrons. The third-order valence-corrected chi connectivity index (χ3v) is 3.31. The van der Waals surface area contributed by atoms with Crippen LogP contribution >= 0.6 is 0 Å². The Morgan fingerprint density at radius 1 is 1.24 bits per heavy atom. The third kappa shape index (κ3) is 5.33. The fourth-order valence-corrected chi connectivity index (χ4v) is 2.23. The minimum atomic E-state index is -0.359. The second-order valence-electron chi connectivity index (χ2n) is 5.13. The van der Waals surface area contributed by atoms with Crippen LogP contribution in [-0.2, 0) is 25.4 Å². The van der Waals surface area contributed by atoms with Crippen LogP contribution in [0.1, 0.15) is 25.8 Å². The van der Waals surface area contributed by atoms with Crippen LogP contribution in [0.3, 0.4) is 0 Å². The molecular weight excluding hydrogens is 268 g/mol. The van der Waals surface area contributed by atoms with E-state index >= 15 is 0 Å². The first-order valence-corrected chi connectivity index (χ1v) is 7.31. The van der Waals surface area contributed by atoms with Gasteiger partial charge in [-0.3, -0.25) is 4.79 Å². The lowest BCUT2D eigenvalue weighted by atomic mass is 10.1.